The molecule has 5 fully saturated rings. The average molecular weight is 361 g/mol. The van der Waals surface area contributed by atoms with Crippen LogP contribution in [0.15, 0.2) is 0 Å². The molecule has 3 heteroatoms. The van der Waals surface area contributed by atoms with Gasteiger partial charge in [0.15, 0.2) is 0 Å². The lowest BCUT2D eigenvalue weighted by Crippen LogP contribution is -2.56. The van der Waals surface area contributed by atoms with Crippen molar-refractivity contribution in [2.45, 2.75) is 77.7 Å². The molecule has 0 unspecified atom stereocenters. The highest BCUT2D eigenvalue weighted by atomic mass is 16.5. The number of methoxy groups -OCH3 is 2. The molecule has 5 rings (SSSR count). The van der Waals surface area contributed by atoms with E-state index in [1.807, 2.05) is 7.11 Å². The molecule has 0 aromatic heterocycles. The van der Waals surface area contributed by atoms with E-state index in [0.717, 1.165) is 23.7 Å². The number of hydrogen-bond acceptors (Lipinski definition) is 3. The monoisotopic (exact) mass is 360 g/mol. The summed E-state index contributed by atoms with van der Waals surface area (Å²) in [7, 11) is 3.50. The highest BCUT2D eigenvalue weighted by Crippen LogP contribution is 2.82. The predicted octanol–water partition coefficient (Wildman–Crippen LogP) is 4.83. The molecule has 0 saturated heterocycles. The van der Waals surface area contributed by atoms with Crippen LogP contribution in [0.3, 0.4) is 0 Å². The molecule has 3 nitrogen and oxygen atoms in total. The Bertz CT molecular complexity index is 617. The Labute approximate surface area is 158 Å². The Kier molecular flexibility index (Phi) is 3.70. The lowest BCUT2D eigenvalue weighted by Gasteiger charge is -2.60. The van der Waals surface area contributed by atoms with Crippen LogP contribution in [0.5, 0.6) is 0 Å². The minimum atomic E-state index is -0.0139. The largest absolute Gasteiger partial charge is 0.469 e. The Morgan fingerprint density at radius 1 is 1.04 bits per heavy atom. The molecule has 0 bridgehead atoms. The predicted molar refractivity (Wildman–Crippen MR) is 100 cm³/mol. The molecule has 0 radical (unpaired) electrons. The zero-order chi connectivity index (χ0) is 18.3. The average Bonchev–Trinajstić information content (AvgIpc) is 3.17. The zero-order valence-electron chi connectivity index (χ0n) is 17.1. The highest BCUT2D eigenvalue weighted by Gasteiger charge is 2.77. The Hall–Kier alpha value is -0.570. The van der Waals surface area contributed by atoms with Crippen LogP contribution in [0, 0.1) is 45.8 Å². The number of ether oxygens (including phenoxy) is 2. The van der Waals surface area contributed by atoms with E-state index < -0.39 is 0 Å². The van der Waals surface area contributed by atoms with Gasteiger partial charge in [-0.1, -0.05) is 13.8 Å². The first-order valence-electron chi connectivity index (χ1n) is 11.0. The van der Waals surface area contributed by atoms with Crippen LogP contribution in [-0.4, -0.2) is 26.3 Å². The molecule has 9 atom stereocenters. The fourth-order valence-corrected chi connectivity index (χ4v) is 9.31. The maximum Gasteiger partial charge on any atom is 0.305 e. The molecule has 26 heavy (non-hydrogen) atoms. The second-order valence-electron chi connectivity index (χ2n) is 10.8. The second kappa shape index (κ2) is 5.49. The quantitative estimate of drug-likeness (QED) is 0.676. The van der Waals surface area contributed by atoms with Crippen molar-refractivity contribution in [2.75, 3.05) is 14.2 Å². The Morgan fingerprint density at radius 3 is 2.54 bits per heavy atom. The van der Waals surface area contributed by atoms with Crippen molar-refractivity contribution in [2.24, 2.45) is 45.8 Å². The van der Waals surface area contributed by atoms with E-state index in [0.29, 0.717) is 34.7 Å². The molecule has 5 aliphatic rings. The van der Waals surface area contributed by atoms with Crippen molar-refractivity contribution in [1.29, 1.82) is 0 Å². The van der Waals surface area contributed by atoms with Crippen LogP contribution in [-0.2, 0) is 14.3 Å². The first kappa shape index (κ1) is 17.5. The molecule has 0 aromatic carbocycles. The fraction of sp³-hybridized carbons (Fsp3) is 0.957. The van der Waals surface area contributed by atoms with E-state index in [1.165, 1.54) is 58.5 Å². The summed E-state index contributed by atoms with van der Waals surface area (Å²) in [6, 6.07) is 0. The van der Waals surface area contributed by atoms with Gasteiger partial charge < -0.3 is 9.47 Å². The minimum absolute atomic E-state index is 0.0139. The van der Waals surface area contributed by atoms with Gasteiger partial charge in [0.05, 0.1) is 13.2 Å². The lowest BCUT2D eigenvalue weighted by atomic mass is 9.45. The van der Waals surface area contributed by atoms with E-state index in [2.05, 4.69) is 13.8 Å². The smallest absolute Gasteiger partial charge is 0.305 e. The summed E-state index contributed by atoms with van der Waals surface area (Å²) in [6.45, 7) is 5.13. The van der Waals surface area contributed by atoms with Gasteiger partial charge >= 0.3 is 5.97 Å². The van der Waals surface area contributed by atoms with Crippen molar-refractivity contribution in [3.63, 3.8) is 0 Å². The van der Waals surface area contributed by atoms with Crippen LogP contribution >= 0.6 is 0 Å². The van der Waals surface area contributed by atoms with Crippen molar-refractivity contribution >= 4 is 5.97 Å². The van der Waals surface area contributed by atoms with Crippen molar-refractivity contribution in [3.05, 3.63) is 0 Å². The van der Waals surface area contributed by atoms with Gasteiger partial charge in [-0.3, -0.25) is 4.79 Å². The van der Waals surface area contributed by atoms with Crippen LogP contribution < -0.4 is 0 Å². The van der Waals surface area contributed by atoms with E-state index >= 15 is 0 Å². The lowest BCUT2D eigenvalue weighted by molar-refractivity contribution is -0.162. The molecule has 1 spiro atoms. The summed E-state index contributed by atoms with van der Waals surface area (Å²) in [4.78, 5) is 12.0. The summed E-state index contributed by atoms with van der Waals surface area (Å²) in [5, 5.41) is 0. The molecule has 0 N–H and O–H groups in total. The number of rotatable bonds is 3. The third-order valence-corrected chi connectivity index (χ3v) is 10.7. The van der Waals surface area contributed by atoms with Crippen molar-refractivity contribution < 1.29 is 14.3 Å². The van der Waals surface area contributed by atoms with Crippen molar-refractivity contribution in [1.82, 2.24) is 0 Å². The Morgan fingerprint density at radius 2 is 1.85 bits per heavy atom. The summed E-state index contributed by atoms with van der Waals surface area (Å²) in [5.74, 6) is 3.92. The fourth-order valence-electron chi connectivity index (χ4n) is 9.31. The van der Waals surface area contributed by atoms with Crippen LogP contribution in [0.2, 0.25) is 0 Å². The van der Waals surface area contributed by atoms with Crippen molar-refractivity contribution in [3.8, 4) is 0 Å². The first-order valence-corrected chi connectivity index (χ1v) is 11.0. The van der Waals surface area contributed by atoms with Gasteiger partial charge in [0, 0.05) is 18.9 Å². The number of hydrogen-bond donors (Lipinski definition) is 0. The topological polar surface area (TPSA) is 35.5 Å². The summed E-state index contributed by atoms with van der Waals surface area (Å²) < 4.78 is 11.2. The maximum atomic E-state index is 12.0. The van der Waals surface area contributed by atoms with Crippen LogP contribution in [0.4, 0.5) is 0 Å². The van der Waals surface area contributed by atoms with E-state index in [9.17, 15) is 4.79 Å². The van der Waals surface area contributed by atoms with Crippen LogP contribution in [0.25, 0.3) is 0 Å². The summed E-state index contributed by atoms with van der Waals surface area (Å²) >= 11 is 0. The van der Waals surface area contributed by atoms with Gasteiger partial charge in [-0.25, -0.2) is 0 Å². The molecule has 0 aliphatic heterocycles. The summed E-state index contributed by atoms with van der Waals surface area (Å²) in [6.07, 6.45) is 11.9. The number of esters is 1. The van der Waals surface area contributed by atoms with Gasteiger partial charge in [-0.15, -0.1) is 0 Å². The minimum Gasteiger partial charge on any atom is -0.469 e. The molecule has 0 amide bonds. The summed E-state index contributed by atoms with van der Waals surface area (Å²) in [5.41, 5.74) is 1.35. The van der Waals surface area contributed by atoms with Gasteiger partial charge in [0.25, 0.3) is 0 Å². The molecule has 0 aromatic rings. The van der Waals surface area contributed by atoms with E-state index in [1.54, 1.807) is 0 Å². The van der Waals surface area contributed by atoms with E-state index in [-0.39, 0.29) is 5.97 Å². The third kappa shape index (κ3) is 1.92. The standard InChI is InChI=1S/C23H36O3/c1-21-9-8-18-16(17(21)6-5-14(21)11-20(24)26-4)12-19(25-3)23-13-15(23)7-10-22(18,23)2/h14-19H,5-13H2,1-4H3/t14-,15-,16+,17+,18+,19-,21-,22-,23+/m1/s1. The van der Waals surface area contributed by atoms with Gasteiger partial charge in [0.1, 0.15) is 0 Å². The molecular weight excluding hydrogens is 324 g/mol. The normalized spacial score (nSPS) is 56.9. The molecule has 5 saturated carbocycles. The van der Waals surface area contributed by atoms with Crippen LogP contribution in [0.1, 0.15) is 71.6 Å². The molecular formula is C23H36O3. The Balaban J connectivity index is 1.45. The number of fused-ring (bicyclic) bond motifs is 4. The SMILES string of the molecule is COC(=O)C[C@H]1CC[C@H]2[C@@H]3C[C@@H](OC)[C@]45C[C@H]4CC[C@]5(C)[C@H]3CC[C@]12C. The van der Waals surface area contributed by atoms with Gasteiger partial charge in [-0.2, -0.15) is 0 Å². The molecule has 5 aliphatic carbocycles. The second-order valence-corrected chi connectivity index (χ2v) is 10.8. The highest BCUT2D eigenvalue weighted by molar-refractivity contribution is 5.69. The third-order valence-electron chi connectivity index (χ3n) is 10.7. The first-order chi connectivity index (χ1) is 12.4. The number of carbonyl (C=O) groups is 1. The molecule has 0 heterocycles. The van der Waals surface area contributed by atoms with Gasteiger partial charge in [0.2, 0.25) is 0 Å². The number of carbonyl (C=O) groups excluding carboxylic acids is 1. The van der Waals surface area contributed by atoms with E-state index in [4.69, 9.17) is 9.47 Å². The van der Waals surface area contributed by atoms with Gasteiger partial charge in [-0.05, 0) is 91.8 Å². The zero-order valence-corrected chi connectivity index (χ0v) is 17.1. The maximum absolute atomic E-state index is 12.0. The molecule has 146 valence electrons.